The number of ether oxygens (including phenoxy) is 2. The van der Waals surface area contributed by atoms with Crippen LogP contribution in [0.2, 0.25) is 0 Å². The molecule has 1 fully saturated rings. The number of esters is 1. The molecular weight excluding hydrogens is 204 g/mol. The van der Waals surface area contributed by atoms with E-state index < -0.39 is 6.10 Å². The number of aryl methyl sites for hydroxylation is 1. The van der Waals surface area contributed by atoms with E-state index in [1.165, 1.54) is 7.11 Å². The predicted molar refractivity (Wildman–Crippen MR) is 60.3 cm³/mol. The number of para-hydroxylation sites is 1. The van der Waals surface area contributed by atoms with Crippen molar-refractivity contribution in [3.05, 3.63) is 29.8 Å². The van der Waals surface area contributed by atoms with Gasteiger partial charge in [0.15, 0.2) is 6.10 Å². The van der Waals surface area contributed by atoms with Gasteiger partial charge in [-0.3, -0.25) is 0 Å². The number of rotatable bonds is 4. The van der Waals surface area contributed by atoms with Crippen molar-refractivity contribution in [3.8, 4) is 5.75 Å². The van der Waals surface area contributed by atoms with E-state index in [9.17, 15) is 4.79 Å². The van der Waals surface area contributed by atoms with E-state index in [4.69, 9.17) is 9.47 Å². The van der Waals surface area contributed by atoms with Crippen LogP contribution >= 0.6 is 0 Å². The summed E-state index contributed by atoms with van der Waals surface area (Å²) in [5.74, 6) is 0.822. The van der Waals surface area contributed by atoms with Gasteiger partial charge in [-0.1, -0.05) is 18.2 Å². The van der Waals surface area contributed by atoms with E-state index in [1.54, 1.807) is 0 Å². The van der Waals surface area contributed by atoms with Crippen LogP contribution < -0.4 is 4.74 Å². The van der Waals surface area contributed by atoms with Crippen LogP contribution in [0.4, 0.5) is 0 Å². The fraction of sp³-hybridized carbons (Fsp3) is 0.462. The molecule has 0 radical (unpaired) electrons. The maximum absolute atomic E-state index is 11.6. The third-order valence-corrected chi connectivity index (χ3v) is 2.83. The molecule has 0 heterocycles. The van der Waals surface area contributed by atoms with E-state index in [1.807, 2.05) is 31.2 Å². The standard InChI is InChI=1S/C13H16O3/c1-9-5-3-4-6-11(9)16-12(10-7-8-10)13(14)15-2/h3-6,10,12H,7-8H2,1-2H3. The molecule has 1 saturated carbocycles. The van der Waals surface area contributed by atoms with Crippen LogP contribution in [0.3, 0.4) is 0 Å². The van der Waals surface area contributed by atoms with Crippen molar-refractivity contribution in [3.63, 3.8) is 0 Å². The molecule has 1 aliphatic rings. The molecule has 1 unspecified atom stereocenters. The van der Waals surface area contributed by atoms with E-state index >= 15 is 0 Å². The number of hydrogen-bond acceptors (Lipinski definition) is 3. The van der Waals surface area contributed by atoms with Gasteiger partial charge >= 0.3 is 5.97 Å². The first kappa shape index (κ1) is 11.0. The van der Waals surface area contributed by atoms with Crippen LogP contribution in [-0.4, -0.2) is 19.2 Å². The van der Waals surface area contributed by atoms with Gasteiger partial charge in [0.2, 0.25) is 0 Å². The molecule has 0 spiro atoms. The first-order chi connectivity index (χ1) is 7.72. The number of carbonyl (C=O) groups is 1. The average molecular weight is 220 g/mol. The van der Waals surface area contributed by atoms with Crippen LogP contribution in [0.1, 0.15) is 18.4 Å². The molecule has 16 heavy (non-hydrogen) atoms. The molecule has 0 aliphatic heterocycles. The fourth-order valence-electron chi connectivity index (χ4n) is 1.68. The van der Waals surface area contributed by atoms with Crippen molar-refractivity contribution in [1.29, 1.82) is 0 Å². The van der Waals surface area contributed by atoms with Gasteiger partial charge < -0.3 is 9.47 Å². The lowest BCUT2D eigenvalue weighted by Gasteiger charge is -2.17. The van der Waals surface area contributed by atoms with Gasteiger partial charge in [0, 0.05) is 5.92 Å². The molecule has 1 aliphatic carbocycles. The summed E-state index contributed by atoms with van der Waals surface area (Å²) in [5, 5.41) is 0. The number of benzene rings is 1. The fourth-order valence-corrected chi connectivity index (χ4v) is 1.68. The minimum Gasteiger partial charge on any atom is -0.478 e. The summed E-state index contributed by atoms with van der Waals surface area (Å²) >= 11 is 0. The van der Waals surface area contributed by atoms with Crippen molar-refractivity contribution in [2.24, 2.45) is 5.92 Å². The smallest absolute Gasteiger partial charge is 0.347 e. The molecule has 1 aromatic rings. The Morgan fingerprint density at radius 3 is 2.62 bits per heavy atom. The van der Waals surface area contributed by atoms with Gasteiger partial charge in [-0.2, -0.15) is 0 Å². The molecule has 0 saturated heterocycles. The van der Waals surface area contributed by atoms with Crippen molar-refractivity contribution in [2.75, 3.05) is 7.11 Å². The monoisotopic (exact) mass is 220 g/mol. The van der Waals surface area contributed by atoms with Crippen LogP contribution in [0.15, 0.2) is 24.3 Å². The molecule has 0 amide bonds. The SMILES string of the molecule is COC(=O)C(Oc1ccccc1C)C1CC1. The lowest BCUT2D eigenvalue weighted by Crippen LogP contribution is -2.30. The Morgan fingerprint density at radius 1 is 1.38 bits per heavy atom. The molecule has 0 aromatic heterocycles. The van der Waals surface area contributed by atoms with Crippen LogP contribution in [-0.2, 0) is 9.53 Å². The molecule has 0 N–H and O–H groups in total. The third-order valence-electron chi connectivity index (χ3n) is 2.83. The van der Waals surface area contributed by atoms with Gasteiger partial charge in [0.1, 0.15) is 5.75 Å². The molecule has 1 atom stereocenters. The number of carbonyl (C=O) groups excluding carboxylic acids is 1. The van der Waals surface area contributed by atoms with Gasteiger partial charge in [0.05, 0.1) is 7.11 Å². The lowest BCUT2D eigenvalue weighted by atomic mass is 10.2. The van der Waals surface area contributed by atoms with Gasteiger partial charge in [-0.15, -0.1) is 0 Å². The minimum absolute atomic E-state index is 0.272. The van der Waals surface area contributed by atoms with Crippen molar-refractivity contribution in [2.45, 2.75) is 25.9 Å². The first-order valence-corrected chi connectivity index (χ1v) is 5.52. The van der Waals surface area contributed by atoms with E-state index in [0.29, 0.717) is 5.92 Å². The second-order valence-electron chi connectivity index (χ2n) is 4.16. The highest BCUT2D eigenvalue weighted by Gasteiger charge is 2.39. The summed E-state index contributed by atoms with van der Waals surface area (Å²) in [4.78, 5) is 11.6. The summed E-state index contributed by atoms with van der Waals surface area (Å²) in [6, 6.07) is 7.71. The Hall–Kier alpha value is -1.51. The second-order valence-corrected chi connectivity index (χ2v) is 4.16. The van der Waals surface area contributed by atoms with Gasteiger partial charge in [-0.05, 0) is 31.4 Å². The summed E-state index contributed by atoms with van der Waals surface area (Å²) in [7, 11) is 1.40. The topological polar surface area (TPSA) is 35.5 Å². The molecule has 0 bridgehead atoms. The number of hydrogen-bond donors (Lipinski definition) is 0. The van der Waals surface area contributed by atoms with E-state index in [2.05, 4.69) is 0 Å². The Labute approximate surface area is 95.4 Å². The number of methoxy groups -OCH3 is 1. The summed E-state index contributed by atoms with van der Waals surface area (Å²) < 4.78 is 10.5. The molecule has 2 rings (SSSR count). The molecule has 86 valence electrons. The molecule has 3 nitrogen and oxygen atoms in total. The maximum atomic E-state index is 11.6. The van der Waals surface area contributed by atoms with Crippen molar-refractivity contribution >= 4 is 5.97 Å². The Balaban J connectivity index is 2.11. The predicted octanol–water partition coefficient (Wildman–Crippen LogP) is 2.33. The zero-order valence-corrected chi connectivity index (χ0v) is 9.60. The quantitative estimate of drug-likeness (QED) is 0.730. The average Bonchev–Trinajstić information content (AvgIpc) is 3.11. The summed E-state index contributed by atoms with van der Waals surface area (Å²) in [6.45, 7) is 1.97. The summed E-state index contributed by atoms with van der Waals surface area (Å²) in [6.07, 6.45) is 1.66. The highest BCUT2D eigenvalue weighted by molar-refractivity contribution is 5.75. The zero-order valence-electron chi connectivity index (χ0n) is 9.60. The van der Waals surface area contributed by atoms with E-state index in [-0.39, 0.29) is 5.97 Å². The van der Waals surface area contributed by atoms with Crippen molar-refractivity contribution < 1.29 is 14.3 Å². The lowest BCUT2D eigenvalue weighted by molar-refractivity contribution is -0.149. The van der Waals surface area contributed by atoms with E-state index in [0.717, 1.165) is 24.2 Å². The van der Waals surface area contributed by atoms with Crippen molar-refractivity contribution in [1.82, 2.24) is 0 Å². The first-order valence-electron chi connectivity index (χ1n) is 5.52. The minimum atomic E-state index is -0.439. The molecular formula is C13H16O3. The van der Waals surface area contributed by atoms with Gasteiger partial charge in [-0.25, -0.2) is 4.79 Å². The molecule has 1 aromatic carbocycles. The van der Waals surface area contributed by atoms with Gasteiger partial charge in [0.25, 0.3) is 0 Å². The third kappa shape index (κ3) is 2.35. The zero-order chi connectivity index (χ0) is 11.5. The highest BCUT2D eigenvalue weighted by Crippen LogP contribution is 2.36. The normalized spacial score (nSPS) is 16.6. The van der Waals surface area contributed by atoms with Crippen LogP contribution in [0.5, 0.6) is 5.75 Å². The highest BCUT2D eigenvalue weighted by atomic mass is 16.6. The van der Waals surface area contributed by atoms with Crippen LogP contribution in [0.25, 0.3) is 0 Å². The Bertz CT molecular complexity index is 383. The Morgan fingerprint density at radius 2 is 2.06 bits per heavy atom. The maximum Gasteiger partial charge on any atom is 0.347 e. The Kier molecular flexibility index (Phi) is 3.13. The van der Waals surface area contributed by atoms with Crippen LogP contribution in [0, 0.1) is 12.8 Å². The second kappa shape index (κ2) is 4.56. The molecule has 3 heteroatoms. The summed E-state index contributed by atoms with van der Waals surface area (Å²) in [5.41, 5.74) is 1.04. The largest absolute Gasteiger partial charge is 0.478 e.